The molecule has 0 atom stereocenters. The molecule has 0 spiro atoms. The van der Waals surface area contributed by atoms with E-state index in [0.717, 1.165) is 0 Å². The minimum absolute atomic E-state index is 0.257. The number of thiophene rings is 2. The number of rotatable bonds is 2. The zero-order valence-corrected chi connectivity index (χ0v) is 11.5. The van der Waals surface area contributed by atoms with Crippen molar-refractivity contribution in [2.24, 2.45) is 5.41 Å². The fraction of sp³-hybridized carbons (Fsp3) is 0.286. The number of hydrogen-bond acceptors (Lipinski definition) is 2. The molecule has 0 amide bonds. The lowest BCUT2D eigenvalue weighted by Crippen LogP contribution is -1.97. The van der Waals surface area contributed by atoms with Gasteiger partial charge in [-0.15, -0.1) is 22.7 Å². The largest absolute Gasteiger partial charge is 0.144 e. The summed E-state index contributed by atoms with van der Waals surface area (Å²) in [5.41, 5.74) is 1.60. The monoisotopic (exact) mass is 248 g/mol. The average molecular weight is 248 g/mol. The molecule has 2 aromatic rings. The summed E-state index contributed by atoms with van der Waals surface area (Å²) in [5.74, 6) is 0. The Kier molecular flexibility index (Phi) is 3.31. The van der Waals surface area contributed by atoms with Gasteiger partial charge in [0.25, 0.3) is 0 Å². The van der Waals surface area contributed by atoms with Crippen LogP contribution in [0.2, 0.25) is 0 Å². The van der Waals surface area contributed by atoms with E-state index in [2.05, 4.69) is 61.9 Å². The molecule has 0 unspecified atom stereocenters. The summed E-state index contributed by atoms with van der Waals surface area (Å²) < 4.78 is 0. The third-order valence-electron chi connectivity index (χ3n) is 2.17. The second-order valence-electron chi connectivity index (χ2n) is 4.91. The maximum atomic E-state index is 2.26. The lowest BCUT2D eigenvalue weighted by atomic mass is 9.96. The maximum Gasteiger partial charge on any atom is 0.0351 e. The van der Waals surface area contributed by atoms with Crippen LogP contribution >= 0.6 is 22.7 Å². The van der Waals surface area contributed by atoms with Gasteiger partial charge in [-0.05, 0) is 34.4 Å². The molecule has 0 aliphatic carbocycles. The van der Waals surface area contributed by atoms with Gasteiger partial charge in [-0.1, -0.05) is 32.9 Å². The van der Waals surface area contributed by atoms with Crippen LogP contribution in [0.1, 0.15) is 25.6 Å². The minimum Gasteiger partial charge on any atom is -0.144 e. The van der Waals surface area contributed by atoms with Crippen LogP contribution in [0.3, 0.4) is 0 Å². The highest BCUT2D eigenvalue weighted by molar-refractivity contribution is 7.15. The summed E-state index contributed by atoms with van der Waals surface area (Å²) >= 11 is 3.60. The molecule has 2 aromatic heterocycles. The van der Waals surface area contributed by atoms with E-state index in [1.807, 2.05) is 11.3 Å². The van der Waals surface area contributed by atoms with E-state index in [9.17, 15) is 0 Å². The highest BCUT2D eigenvalue weighted by Gasteiger charge is 2.05. The molecular weight excluding hydrogens is 232 g/mol. The first-order valence-corrected chi connectivity index (χ1v) is 7.12. The van der Waals surface area contributed by atoms with Crippen molar-refractivity contribution in [2.45, 2.75) is 20.8 Å². The predicted octanol–water partition coefficient (Wildman–Crippen LogP) is 5.54. The molecule has 0 saturated carbocycles. The molecule has 0 aliphatic heterocycles. The minimum atomic E-state index is 0.257. The Balaban J connectivity index is 2.18. The molecule has 0 fully saturated rings. The first-order valence-electron chi connectivity index (χ1n) is 5.36. The molecule has 0 aromatic carbocycles. The molecule has 2 rings (SSSR count). The van der Waals surface area contributed by atoms with Gasteiger partial charge >= 0.3 is 0 Å². The van der Waals surface area contributed by atoms with Gasteiger partial charge in [-0.2, -0.15) is 0 Å². The number of allylic oxidation sites excluding steroid dienone is 1. The van der Waals surface area contributed by atoms with E-state index in [1.165, 1.54) is 15.3 Å². The zero-order chi connectivity index (χ0) is 11.6. The number of hydrogen-bond donors (Lipinski definition) is 0. The van der Waals surface area contributed by atoms with Gasteiger partial charge in [0.1, 0.15) is 0 Å². The summed E-state index contributed by atoms with van der Waals surface area (Å²) in [6.07, 6.45) is 4.48. The van der Waals surface area contributed by atoms with Gasteiger partial charge in [0, 0.05) is 15.3 Å². The second kappa shape index (κ2) is 4.56. The van der Waals surface area contributed by atoms with Gasteiger partial charge in [-0.25, -0.2) is 0 Å². The first kappa shape index (κ1) is 11.6. The van der Waals surface area contributed by atoms with Crippen LogP contribution < -0.4 is 0 Å². The van der Waals surface area contributed by atoms with Gasteiger partial charge in [0.15, 0.2) is 0 Å². The SMILES string of the molecule is CC(C)(C)/C=C/c1cc(-c2cccs2)cs1. The highest BCUT2D eigenvalue weighted by atomic mass is 32.1. The van der Waals surface area contributed by atoms with Crippen molar-refractivity contribution in [3.05, 3.63) is 39.9 Å². The molecule has 0 N–H and O–H groups in total. The summed E-state index contributed by atoms with van der Waals surface area (Å²) in [5, 5.41) is 4.35. The van der Waals surface area contributed by atoms with Crippen LogP contribution in [-0.2, 0) is 0 Å². The Bertz CT molecular complexity index is 467. The highest BCUT2D eigenvalue weighted by Crippen LogP contribution is 2.30. The second-order valence-corrected chi connectivity index (χ2v) is 6.80. The van der Waals surface area contributed by atoms with Gasteiger partial charge in [0.2, 0.25) is 0 Å². The van der Waals surface area contributed by atoms with Crippen molar-refractivity contribution in [2.75, 3.05) is 0 Å². The maximum absolute atomic E-state index is 2.26. The Morgan fingerprint density at radius 2 is 2.00 bits per heavy atom. The molecular formula is C14H16S2. The molecule has 16 heavy (non-hydrogen) atoms. The van der Waals surface area contributed by atoms with Crippen LogP contribution in [0, 0.1) is 5.41 Å². The van der Waals surface area contributed by atoms with Gasteiger partial charge < -0.3 is 0 Å². The molecule has 0 saturated heterocycles. The van der Waals surface area contributed by atoms with E-state index in [4.69, 9.17) is 0 Å². The third kappa shape index (κ3) is 3.06. The molecule has 2 heteroatoms. The van der Waals surface area contributed by atoms with E-state index < -0.39 is 0 Å². The van der Waals surface area contributed by atoms with Crippen molar-refractivity contribution >= 4 is 28.7 Å². The normalized spacial score (nSPS) is 12.4. The van der Waals surface area contributed by atoms with E-state index in [1.54, 1.807) is 11.3 Å². The Morgan fingerprint density at radius 1 is 1.19 bits per heavy atom. The Labute approximate surface area is 105 Å². The van der Waals surface area contributed by atoms with Crippen LogP contribution in [-0.4, -0.2) is 0 Å². The summed E-state index contributed by atoms with van der Waals surface area (Å²) in [6.45, 7) is 6.66. The summed E-state index contributed by atoms with van der Waals surface area (Å²) in [6, 6.07) is 6.53. The van der Waals surface area contributed by atoms with E-state index >= 15 is 0 Å². The smallest absolute Gasteiger partial charge is 0.0351 e. The van der Waals surface area contributed by atoms with Gasteiger partial charge in [-0.3, -0.25) is 0 Å². The fourth-order valence-electron chi connectivity index (χ4n) is 1.34. The molecule has 0 bridgehead atoms. The van der Waals surface area contributed by atoms with E-state index in [-0.39, 0.29) is 5.41 Å². The third-order valence-corrected chi connectivity index (χ3v) is 3.99. The topological polar surface area (TPSA) is 0 Å². The predicted molar refractivity (Wildman–Crippen MR) is 76.1 cm³/mol. The molecule has 0 aliphatic rings. The van der Waals surface area contributed by atoms with Gasteiger partial charge in [0.05, 0.1) is 0 Å². The average Bonchev–Trinajstić information content (AvgIpc) is 2.84. The lowest BCUT2D eigenvalue weighted by molar-refractivity contribution is 0.547. The lowest BCUT2D eigenvalue weighted by Gasteiger charge is -2.10. The molecule has 84 valence electrons. The summed E-state index contributed by atoms with van der Waals surface area (Å²) in [4.78, 5) is 2.69. The molecule has 0 nitrogen and oxygen atoms in total. The van der Waals surface area contributed by atoms with Crippen LogP contribution in [0.4, 0.5) is 0 Å². The Morgan fingerprint density at radius 3 is 2.62 bits per heavy atom. The van der Waals surface area contributed by atoms with Crippen molar-refractivity contribution < 1.29 is 0 Å². The fourth-order valence-corrected chi connectivity index (χ4v) is 2.93. The Hall–Kier alpha value is -0.860. The van der Waals surface area contributed by atoms with Crippen molar-refractivity contribution in [1.29, 1.82) is 0 Å². The first-order chi connectivity index (χ1) is 7.54. The van der Waals surface area contributed by atoms with Crippen molar-refractivity contribution in [3.8, 4) is 10.4 Å². The van der Waals surface area contributed by atoms with Crippen LogP contribution in [0.25, 0.3) is 16.5 Å². The standard InChI is InChI=1S/C14H16S2/c1-14(2,3)7-6-12-9-11(10-16-12)13-5-4-8-15-13/h4-10H,1-3H3/b7-6+. The summed E-state index contributed by atoms with van der Waals surface area (Å²) in [7, 11) is 0. The molecule has 0 radical (unpaired) electrons. The molecule has 2 heterocycles. The van der Waals surface area contributed by atoms with Crippen molar-refractivity contribution in [3.63, 3.8) is 0 Å². The quantitative estimate of drug-likeness (QED) is 0.655. The zero-order valence-electron chi connectivity index (χ0n) is 9.86. The van der Waals surface area contributed by atoms with Crippen LogP contribution in [0.5, 0.6) is 0 Å². The van der Waals surface area contributed by atoms with E-state index in [0.29, 0.717) is 0 Å². The van der Waals surface area contributed by atoms with Crippen LogP contribution in [0.15, 0.2) is 35.0 Å². The van der Waals surface area contributed by atoms with Crippen molar-refractivity contribution in [1.82, 2.24) is 0 Å².